The van der Waals surface area contributed by atoms with E-state index in [1.807, 2.05) is 37.3 Å². The molecule has 0 radical (unpaired) electrons. The summed E-state index contributed by atoms with van der Waals surface area (Å²) in [4.78, 5) is 12.4. The van der Waals surface area contributed by atoms with Gasteiger partial charge in [0.1, 0.15) is 5.75 Å². The highest BCUT2D eigenvalue weighted by Gasteiger charge is 2.09. The van der Waals surface area contributed by atoms with E-state index in [1.165, 1.54) is 0 Å². The molecule has 1 unspecified atom stereocenters. The van der Waals surface area contributed by atoms with Crippen LogP contribution in [0.3, 0.4) is 0 Å². The third-order valence-electron chi connectivity index (χ3n) is 4.17. The van der Waals surface area contributed by atoms with Crippen molar-refractivity contribution in [3.05, 3.63) is 53.6 Å². The summed E-state index contributed by atoms with van der Waals surface area (Å²) in [5, 5.41) is 2.92. The predicted molar refractivity (Wildman–Crippen MR) is 107 cm³/mol. The maximum atomic E-state index is 12.4. The highest BCUT2D eigenvalue weighted by molar-refractivity contribution is 5.94. The summed E-state index contributed by atoms with van der Waals surface area (Å²) in [5.41, 5.74) is 1.54. The van der Waals surface area contributed by atoms with Gasteiger partial charge in [0.2, 0.25) is 0 Å². The standard InChI is InChI=1S/C22H29NO4/c1-5-13-26-20-12-7-17(14-21(20)25-4)15-23-22(24)18-8-10-19(11-9-18)27-16(3)6-2/h7-12,14,16H,5-6,13,15H2,1-4H3,(H,23,24). The lowest BCUT2D eigenvalue weighted by Gasteiger charge is -2.13. The summed E-state index contributed by atoms with van der Waals surface area (Å²) < 4.78 is 16.8. The number of nitrogens with one attached hydrogen (secondary N) is 1. The first-order valence-electron chi connectivity index (χ1n) is 9.42. The second kappa shape index (κ2) is 10.5. The molecule has 0 spiro atoms. The van der Waals surface area contributed by atoms with E-state index in [-0.39, 0.29) is 12.0 Å². The van der Waals surface area contributed by atoms with Crippen molar-refractivity contribution in [2.75, 3.05) is 13.7 Å². The summed E-state index contributed by atoms with van der Waals surface area (Å²) >= 11 is 0. The molecule has 2 aromatic carbocycles. The molecule has 0 heterocycles. The molecule has 0 fully saturated rings. The molecule has 5 nitrogen and oxygen atoms in total. The average molecular weight is 371 g/mol. The first-order chi connectivity index (χ1) is 13.1. The van der Waals surface area contributed by atoms with Gasteiger partial charge in [-0.1, -0.05) is 19.9 Å². The van der Waals surface area contributed by atoms with Gasteiger partial charge < -0.3 is 19.5 Å². The molecule has 0 aromatic heterocycles. The van der Waals surface area contributed by atoms with Crippen LogP contribution in [0, 0.1) is 0 Å². The third-order valence-corrected chi connectivity index (χ3v) is 4.17. The minimum absolute atomic E-state index is 0.129. The van der Waals surface area contributed by atoms with E-state index in [0.717, 1.165) is 24.2 Å². The van der Waals surface area contributed by atoms with Gasteiger partial charge in [0, 0.05) is 12.1 Å². The quantitative estimate of drug-likeness (QED) is 0.664. The zero-order valence-corrected chi connectivity index (χ0v) is 16.6. The zero-order valence-electron chi connectivity index (χ0n) is 16.6. The van der Waals surface area contributed by atoms with Gasteiger partial charge in [-0.15, -0.1) is 0 Å². The van der Waals surface area contributed by atoms with Gasteiger partial charge in [-0.2, -0.15) is 0 Å². The maximum Gasteiger partial charge on any atom is 0.251 e. The SMILES string of the molecule is CCCOc1ccc(CNC(=O)c2ccc(OC(C)CC)cc2)cc1OC. The Balaban J connectivity index is 1.94. The summed E-state index contributed by atoms with van der Waals surface area (Å²) in [7, 11) is 1.61. The van der Waals surface area contributed by atoms with Crippen LogP contribution in [-0.2, 0) is 6.54 Å². The minimum Gasteiger partial charge on any atom is -0.493 e. The van der Waals surface area contributed by atoms with Crippen molar-refractivity contribution in [1.82, 2.24) is 5.32 Å². The van der Waals surface area contributed by atoms with Crippen molar-refractivity contribution in [1.29, 1.82) is 0 Å². The molecule has 0 saturated heterocycles. The Morgan fingerprint density at radius 2 is 1.81 bits per heavy atom. The monoisotopic (exact) mass is 371 g/mol. The second-order valence-corrected chi connectivity index (χ2v) is 6.38. The molecule has 1 N–H and O–H groups in total. The number of carbonyl (C=O) groups is 1. The maximum absolute atomic E-state index is 12.4. The summed E-state index contributed by atoms with van der Waals surface area (Å²) in [6.45, 7) is 7.20. The van der Waals surface area contributed by atoms with Gasteiger partial charge in [0.25, 0.3) is 5.91 Å². The third kappa shape index (κ3) is 6.20. The number of ether oxygens (including phenoxy) is 3. The first kappa shape index (κ1) is 20.6. The number of amides is 1. The van der Waals surface area contributed by atoms with E-state index >= 15 is 0 Å². The molecule has 27 heavy (non-hydrogen) atoms. The zero-order chi connectivity index (χ0) is 19.6. The van der Waals surface area contributed by atoms with Crippen LogP contribution in [0.5, 0.6) is 17.2 Å². The van der Waals surface area contributed by atoms with E-state index in [2.05, 4.69) is 19.2 Å². The number of carbonyl (C=O) groups excluding carboxylic acids is 1. The molecule has 0 aliphatic rings. The lowest BCUT2D eigenvalue weighted by Crippen LogP contribution is -2.22. The fraction of sp³-hybridized carbons (Fsp3) is 0.409. The van der Waals surface area contributed by atoms with Crippen molar-refractivity contribution < 1.29 is 19.0 Å². The van der Waals surface area contributed by atoms with Gasteiger partial charge >= 0.3 is 0 Å². The molecule has 146 valence electrons. The van der Waals surface area contributed by atoms with Gasteiger partial charge in [0.15, 0.2) is 11.5 Å². The van der Waals surface area contributed by atoms with Crippen LogP contribution in [0.4, 0.5) is 0 Å². The molecular formula is C22H29NO4. The van der Waals surface area contributed by atoms with Gasteiger partial charge in [-0.3, -0.25) is 4.79 Å². The van der Waals surface area contributed by atoms with Crippen molar-refractivity contribution in [2.24, 2.45) is 0 Å². The predicted octanol–water partition coefficient (Wildman–Crippen LogP) is 4.59. The highest BCUT2D eigenvalue weighted by Crippen LogP contribution is 2.28. The highest BCUT2D eigenvalue weighted by atomic mass is 16.5. The number of hydrogen-bond acceptors (Lipinski definition) is 4. The van der Waals surface area contributed by atoms with Crippen molar-refractivity contribution in [3.8, 4) is 17.2 Å². The minimum atomic E-state index is -0.129. The molecule has 0 saturated carbocycles. The molecule has 0 aliphatic carbocycles. The van der Waals surface area contributed by atoms with Crippen LogP contribution in [0.1, 0.15) is 49.5 Å². The summed E-state index contributed by atoms with van der Waals surface area (Å²) in [6.07, 6.45) is 2.03. The fourth-order valence-electron chi connectivity index (χ4n) is 2.44. The van der Waals surface area contributed by atoms with Crippen LogP contribution in [0.2, 0.25) is 0 Å². The van der Waals surface area contributed by atoms with E-state index in [4.69, 9.17) is 14.2 Å². The summed E-state index contributed by atoms with van der Waals surface area (Å²) in [6, 6.07) is 12.9. The van der Waals surface area contributed by atoms with E-state index in [9.17, 15) is 4.79 Å². The Labute approximate surface area is 161 Å². The fourth-order valence-corrected chi connectivity index (χ4v) is 2.44. The lowest BCUT2D eigenvalue weighted by atomic mass is 10.1. The van der Waals surface area contributed by atoms with Crippen LogP contribution in [-0.4, -0.2) is 25.7 Å². The van der Waals surface area contributed by atoms with Crippen LogP contribution in [0.25, 0.3) is 0 Å². The first-order valence-corrected chi connectivity index (χ1v) is 9.42. The molecular weight excluding hydrogens is 342 g/mol. The topological polar surface area (TPSA) is 56.8 Å². The smallest absolute Gasteiger partial charge is 0.251 e. The van der Waals surface area contributed by atoms with Crippen LogP contribution < -0.4 is 19.5 Å². The molecule has 0 aliphatic heterocycles. The lowest BCUT2D eigenvalue weighted by molar-refractivity contribution is 0.0951. The molecule has 1 atom stereocenters. The van der Waals surface area contributed by atoms with Crippen molar-refractivity contribution >= 4 is 5.91 Å². The normalized spacial score (nSPS) is 11.6. The van der Waals surface area contributed by atoms with Crippen LogP contribution in [0.15, 0.2) is 42.5 Å². The van der Waals surface area contributed by atoms with E-state index in [1.54, 1.807) is 19.2 Å². The van der Waals surface area contributed by atoms with E-state index in [0.29, 0.717) is 30.2 Å². The number of hydrogen-bond donors (Lipinski definition) is 1. The number of rotatable bonds is 10. The molecule has 0 bridgehead atoms. The van der Waals surface area contributed by atoms with Crippen molar-refractivity contribution in [2.45, 2.75) is 46.3 Å². The van der Waals surface area contributed by atoms with E-state index < -0.39 is 0 Å². The van der Waals surface area contributed by atoms with Gasteiger partial charge in [-0.05, 0) is 61.7 Å². The largest absolute Gasteiger partial charge is 0.493 e. The second-order valence-electron chi connectivity index (χ2n) is 6.38. The number of methoxy groups -OCH3 is 1. The molecule has 2 aromatic rings. The molecule has 1 amide bonds. The molecule has 2 rings (SSSR count). The van der Waals surface area contributed by atoms with Gasteiger partial charge in [-0.25, -0.2) is 0 Å². The average Bonchev–Trinajstić information content (AvgIpc) is 2.71. The Kier molecular flexibility index (Phi) is 7.99. The van der Waals surface area contributed by atoms with Crippen LogP contribution >= 0.6 is 0 Å². The van der Waals surface area contributed by atoms with Crippen molar-refractivity contribution in [3.63, 3.8) is 0 Å². The Morgan fingerprint density at radius 1 is 1.07 bits per heavy atom. The van der Waals surface area contributed by atoms with Gasteiger partial charge in [0.05, 0.1) is 19.8 Å². The molecule has 5 heteroatoms. The Morgan fingerprint density at radius 3 is 2.44 bits per heavy atom. The Bertz CT molecular complexity index is 728. The summed E-state index contributed by atoms with van der Waals surface area (Å²) in [5.74, 6) is 2.02. The Hall–Kier alpha value is -2.69. The number of benzene rings is 2.